The third kappa shape index (κ3) is 4.51. The Morgan fingerprint density at radius 1 is 1.32 bits per heavy atom. The molecule has 200 valence electrons. The largest absolute Gasteiger partial charge is 0.465 e. The van der Waals surface area contributed by atoms with Crippen molar-refractivity contribution in [1.29, 1.82) is 0 Å². The Balaban J connectivity index is 1.78. The fraction of sp³-hybridized carbons (Fsp3) is 0.536. The van der Waals surface area contributed by atoms with Crippen LogP contribution in [0, 0.1) is 18.8 Å². The molecule has 7 nitrogen and oxygen atoms in total. The Labute approximate surface area is 227 Å². The lowest BCUT2D eigenvalue weighted by atomic mass is 9.66. The second-order valence-corrected chi connectivity index (χ2v) is 12.5. The predicted molar refractivity (Wildman–Crippen MR) is 147 cm³/mol. The van der Waals surface area contributed by atoms with Gasteiger partial charge in [-0.05, 0) is 51.2 Å². The first-order chi connectivity index (χ1) is 17.7. The SMILES string of the molecule is C=CCCOC(=O)[C@H]1[C@H]2C(=O)N(CCCO)C(C(=O)N(CC=C)c3c(C)cccc3Cl)C23CC[C@]1(C)S3. The highest BCUT2D eigenvalue weighted by Crippen LogP contribution is 2.71. The number of fused-ring (bicyclic) bond motifs is 1. The van der Waals surface area contributed by atoms with E-state index in [9.17, 15) is 19.5 Å². The monoisotopic (exact) mass is 546 g/mol. The highest BCUT2D eigenvalue weighted by atomic mass is 35.5. The zero-order valence-electron chi connectivity index (χ0n) is 21.5. The molecular formula is C28H35ClN2O5S. The normalized spacial score (nSPS) is 29.8. The van der Waals surface area contributed by atoms with Crippen LogP contribution in [0.5, 0.6) is 0 Å². The molecule has 3 fully saturated rings. The van der Waals surface area contributed by atoms with Crippen molar-refractivity contribution in [2.75, 3.05) is 31.2 Å². The summed E-state index contributed by atoms with van der Waals surface area (Å²) in [6, 6.07) is 4.66. The molecule has 1 spiro atoms. The summed E-state index contributed by atoms with van der Waals surface area (Å²) in [5.41, 5.74) is 1.43. The van der Waals surface area contributed by atoms with Crippen LogP contribution in [0.15, 0.2) is 43.5 Å². The number of aliphatic hydroxyl groups excluding tert-OH is 1. The number of benzene rings is 1. The van der Waals surface area contributed by atoms with Gasteiger partial charge in [-0.15, -0.1) is 24.9 Å². The van der Waals surface area contributed by atoms with Gasteiger partial charge in [0, 0.05) is 24.4 Å². The van der Waals surface area contributed by atoms with E-state index in [4.69, 9.17) is 16.3 Å². The molecule has 37 heavy (non-hydrogen) atoms. The molecule has 0 aromatic heterocycles. The van der Waals surface area contributed by atoms with Gasteiger partial charge in [0.15, 0.2) is 0 Å². The second-order valence-electron chi connectivity index (χ2n) is 10.2. The summed E-state index contributed by atoms with van der Waals surface area (Å²) in [6.45, 7) is 12.0. The van der Waals surface area contributed by atoms with Crippen LogP contribution < -0.4 is 4.90 Å². The molecule has 2 bridgehead atoms. The third-order valence-corrected chi connectivity index (χ3v) is 10.2. The lowest BCUT2D eigenvalue weighted by molar-refractivity contribution is -0.155. The Bertz CT molecular complexity index is 1090. The summed E-state index contributed by atoms with van der Waals surface area (Å²) in [6.07, 6.45) is 5.53. The van der Waals surface area contributed by atoms with E-state index in [-0.39, 0.29) is 38.1 Å². The molecule has 1 aromatic carbocycles. The first kappa shape index (κ1) is 27.7. The van der Waals surface area contributed by atoms with E-state index >= 15 is 0 Å². The zero-order chi connectivity index (χ0) is 27.0. The number of nitrogens with zero attached hydrogens (tertiary/aromatic N) is 2. The van der Waals surface area contributed by atoms with Gasteiger partial charge >= 0.3 is 5.97 Å². The highest BCUT2D eigenvalue weighted by Gasteiger charge is 2.77. The molecule has 0 saturated carbocycles. The standard InChI is InChI=1S/C28H35ClN2O5S/c1-5-7-17-36-26(35)21-20-24(33)31(15-9-16-32)23(28(20)13-12-27(21,4)37-28)25(34)30(14-6-2)22-18(3)10-8-11-19(22)29/h5-6,8,10-11,20-21,23,32H,1-2,7,9,12-17H2,3-4H3/t20-,21+,23?,27-,28?/m0/s1. The van der Waals surface area contributed by atoms with Crippen molar-refractivity contribution in [3.8, 4) is 0 Å². The first-order valence-electron chi connectivity index (χ1n) is 12.7. The van der Waals surface area contributed by atoms with E-state index in [2.05, 4.69) is 13.2 Å². The van der Waals surface area contributed by atoms with Crippen LogP contribution >= 0.6 is 23.4 Å². The van der Waals surface area contributed by atoms with Crippen LogP contribution in [0.2, 0.25) is 5.02 Å². The van der Waals surface area contributed by atoms with E-state index in [1.807, 2.05) is 26.0 Å². The van der Waals surface area contributed by atoms with Crippen molar-refractivity contribution >= 4 is 46.8 Å². The van der Waals surface area contributed by atoms with Crippen molar-refractivity contribution in [2.24, 2.45) is 11.8 Å². The van der Waals surface area contributed by atoms with Crippen molar-refractivity contribution in [2.45, 2.75) is 55.1 Å². The topological polar surface area (TPSA) is 87.1 Å². The van der Waals surface area contributed by atoms with E-state index in [0.29, 0.717) is 36.4 Å². The number of carbonyl (C=O) groups is 3. The summed E-state index contributed by atoms with van der Waals surface area (Å²) < 4.78 is 4.30. The number of thioether (sulfide) groups is 1. The molecule has 3 aliphatic heterocycles. The molecule has 0 radical (unpaired) electrons. The zero-order valence-corrected chi connectivity index (χ0v) is 23.0. The van der Waals surface area contributed by atoms with Gasteiger partial charge in [-0.1, -0.05) is 35.9 Å². The number of rotatable bonds is 11. The number of hydrogen-bond acceptors (Lipinski definition) is 6. The van der Waals surface area contributed by atoms with Crippen LogP contribution in [0.25, 0.3) is 0 Å². The minimum atomic E-state index is -0.801. The number of ether oxygens (including phenoxy) is 1. The predicted octanol–water partition coefficient (Wildman–Crippen LogP) is 4.15. The van der Waals surface area contributed by atoms with Crippen LogP contribution in [-0.4, -0.2) is 69.6 Å². The van der Waals surface area contributed by atoms with Crippen molar-refractivity contribution in [1.82, 2.24) is 4.90 Å². The lowest BCUT2D eigenvalue weighted by Gasteiger charge is -2.37. The molecule has 1 N–H and O–H groups in total. The molecule has 2 amide bonds. The number of halogens is 1. The van der Waals surface area contributed by atoms with E-state index in [0.717, 1.165) is 5.56 Å². The molecule has 1 aromatic rings. The number of likely N-dealkylation sites (tertiary alicyclic amines) is 1. The van der Waals surface area contributed by atoms with Gasteiger partial charge in [0.2, 0.25) is 5.91 Å². The number of aliphatic hydroxyl groups is 1. The van der Waals surface area contributed by atoms with Gasteiger partial charge in [-0.25, -0.2) is 0 Å². The molecular weight excluding hydrogens is 512 g/mol. The fourth-order valence-electron chi connectivity index (χ4n) is 6.41. The lowest BCUT2D eigenvalue weighted by Crippen LogP contribution is -2.55. The van der Waals surface area contributed by atoms with E-state index in [1.165, 1.54) is 0 Å². The average Bonchev–Trinajstić information content (AvgIpc) is 3.42. The number of aryl methyl sites for hydroxylation is 1. The van der Waals surface area contributed by atoms with Crippen molar-refractivity contribution < 1.29 is 24.2 Å². The number of carbonyl (C=O) groups excluding carboxylic acids is 3. The van der Waals surface area contributed by atoms with Gasteiger partial charge in [0.25, 0.3) is 5.91 Å². The maximum Gasteiger partial charge on any atom is 0.311 e. The average molecular weight is 547 g/mol. The summed E-state index contributed by atoms with van der Waals surface area (Å²) in [5, 5.41) is 10.0. The van der Waals surface area contributed by atoms with Gasteiger partial charge in [0.05, 0.1) is 33.9 Å². The van der Waals surface area contributed by atoms with Crippen LogP contribution in [-0.2, 0) is 19.1 Å². The molecule has 3 heterocycles. The Kier molecular flexibility index (Phi) is 8.12. The summed E-state index contributed by atoms with van der Waals surface area (Å²) >= 11 is 8.17. The minimum absolute atomic E-state index is 0.111. The highest BCUT2D eigenvalue weighted by molar-refractivity contribution is 8.02. The van der Waals surface area contributed by atoms with Crippen molar-refractivity contribution in [3.05, 3.63) is 54.1 Å². The Morgan fingerprint density at radius 3 is 2.73 bits per heavy atom. The number of amides is 2. The number of anilines is 1. The smallest absolute Gasteiger partial charge is 0.311 e. The molecule has 2 unspecified atom stereocenters. The summed E-state index contributed by atoms with van der Waals surface area (Å²) in [5.74, 6) is -2.17. The summed E-state index contributed by atoms with van der Waals surface area (Å²) in [7, 11) is 0. The summed E-state index contributed by atoms with van der Waals surface area (Å²) in [4.78, 5) is 45.1. The maximum atomic E-state index is 14.5. The quantitative estimate of drug-likeness (QED) is 0.255. The molecule has 3 saturated heterocycles. The van der Waals surface area contributed by atoms with Gasteiger partial charge in [0.1, 0.15) is 6.04 Å². The minimum Gasteiger partial charge on any atom is -0.465 e. The Morgan fingerprint density at radius 2 is 2.08 bits per heavy atom. The van der Waals surface area contributed by atoms with Gasteiger partial charge in [-0.2, -0.15) is 0 Å². The van der Waals surface area contributed by atoms with Crippen LogP contribution in [0.1, 0.15) is 38.2 Å². The van der Waals surface area contributed by atoms with Crippen LogP contribution in [0.4, 0.5) is 5.69 Å². The second kappa shape index (κ2) is 10.8. The van der Waals surface area contributed by atoms with E-state index in [1.54, 1.807) is 39.8 Å². The molecule has 9 heteroatoms. The molecule has 4 rings (SSSR count). The first-order valence-corrected chi connectivity index (χ1v) is 13.9. The number of esters is 1. The van der Waals surface area contributed by atoms with Crippen LogP contribution in [0.3, 0.4) is 0 Å². The molecule has 5 atom stereocenters. The fourth-order valence-corrected chi connectivity index (χ4v) is 9.07. The Hall–Kier alpha value is -2.29. The molecule has 3 aliphatic rings. The van der Waals surface area contributed by atoms with Gasteiger partial charge < -0.3 is 19.6 Å². The number of para-hydroxylation sites is 1. The molecule has 0 aliphatic carbocycles. The number of hydrogen-bond donors (Lipinski definition) is 1. The van der Waals surface area contributed by atoms with Gasteiger partial charge in [-0.3, -0.25) is 14.4 Å². The third-order valence-electron chi connectivity index (χ3n) is 7.92. The maximum absolute atomic E-state index is 14.5. The van der Waals surface area contributed by atoms with Crippen molar-refractivity contribution in [3.63, 3.8) is 0 Å². The van der Waals surface area contributed by atoms with E-state index < -0.39 is 33.3 Å².